The fraction of sp³-hybridized carbons (Fsp3) is 1.00. The highest BCUT2D eigenvalue weighted by Gasteiger charge is 2.00. The van der Waals surface area contributed by atoms with Crippen molar-refractivity contribution >= 4 is 27.5 Å². The fourth-order valence-electron chi connectivity index (χ4n) is 0. The molecule has 6 heavy (non-hydrogen) atoms. The molecule has 0 amide bonds. The summed E-state index contributed by atoms with van der Waals surface area (Å²) >= 11 is 8.87. The normalized spacial score (nSPS) is 20.0. The van der Waals surface area contributed by atoms with Gasteiger partial charge in [0, 0.05) is 10.2 Å². The molecule has 0 aromatic heterocycles. The first-order valence-corrected chi connectivity index (χ1v) is 3.28. The van der Waals surface area contributed by atoms with Gasteiger partial charge in [0.2, 0.25) is 0 Å². The zero-order valence-corrected chi connectivity index (χ0v) is 6.25. The Bertz CT molecular complexity index is 28.5. The van der Waals surface area contributed by atoms with Gasteiger partial charge in [-0.1, -0.05) is 22.9 Å². The van der Waals surface area contributed by atoms with E-state index in [0.717, 1.165) is 0 Å². The minimum Gasteiger partial charge on any atom is -0.122 e. The largest absolute Gasteiger partial charge is 0.122 e. The Morgan fingerprint density at radius 2 is 1.67 bits per heavy atom. The number of alkyl halides is 2. The second kappa shape index (κ2) is 2.86. The molecule has 2 heteroatoms. The Kier molecular flexibility index (Phi) is 3.23. The van der Waals surface area contributed by atoms with Gasteiger partial charge >= 0.3 is 0 Å². The molecule has 0 fully saturated rings. The van der Waals surface area contributed by atoms with Crippen LogP contribution in [0.5, 0.6) is 0 Å². The topological polar surface area (TPSA) is 0 Å². The maximum atomic E-state index is 5.57. The number of hydrogen-bond donors (Lipinski definition) is 0. The minimum atomic E-state index is 0.241. The second-order valence-corrected chi connectivity index (χ2v) is 3.49. The van der Waals surface area contributed by atoms with Crippen molar-refractivity contribution in [3.05, 3.63) is 0 Å². The summed E-state index contributed by atoms with van der Waals surface area (Å²) in [5.41, 5.74) is 0. The van der Waals surface area contributed by atoms with Gasteiger partial charge in [-0.25, -0.2) is 0 Å². The summed E-state index contributed by atoms with van der Waals surface area (Å²) in [5.74, 6) is 0. The molecule has 0 bridgehead atoms. The summed E-state index contributed by atoms with van der Waals surface area (Å²) in [6.45, 7) is 3.98. The van der Waals surface area contributed by atoms with Crippen LogP contribution in [0.2, 0.25) is 0 Å². The van der Waals surface area contributed by atoms with Crippen LogP contribution < -0.4 is 0 Å². The van der Waals surface area contributed by atoms with Crippen molar-refractivity contribution in [2.75, 3.05) is 0 Å². The third kappa shape index (κ3) is 2.98. The van der Waals surface area contributed by atoms with E-state index in [-0.39, 0.29) is 5.38 Å². The Balaban J connectivity index is 2.99. The van der Waals surface area contributed by atoms with E-state index in [0.29, 0.717) is 4.83 Å². The minimum absolute atomic E-state index is 0.241. The Morgan fingerprint density at radius 1 is 1.50 bits per heavy atom. The van der Waals surface area contributed by atoms with E-state index in [4.69, 9.17) is 11.6 Å². The van der Waals surface area contributed by atoms with Gasteiger partial charge < -0.3 is 0 Å². The van der Waals surface area contributed by atoms with Gasteiger partial charge in [-0.05, 0) is 6.92 Å². The zero-order chi connectivity index (χ0) is 5.15. The molecule has 0 aromatic carbocycles. The summed E-state index contributed by atoms with van der Waals surface area (Å²) in [7, 11) is 0. The van der Waals surface area contributed by atoms with Crippen LogP contribution in [0.1, 0.15) is 13.8 Å². The third-order valence-corrected chi connectivity index (χ3v) is 2.11. The van der Waals surface area contributed by atoms with Crippen LogP contribution >= 0.6 is 27.5 Å². The van der Waals surface area contributed by atoms with Crippen molar-refractivity contribution in [2.45, 2.75) is 24.1 Å². The Morgan fingerprint density at radius 3 is 1.67 bits per heavy atom. The highest BCUT2D eigenvalue weighted by Crippen LogP contribution is 2.08. The molecular weight excluding hydrogens is 163 g/mol. The third-order valence-electron chi connectivity index (χ3n) is 0.633. The molecule has 0 aliphatic rings. The predicted molar refractivity (Wildman–Crippen MR) is 33.7 cm³/mol. The summed E-state index contributed by atoms with van der Waals surface area (Å²) in [4.78, 5) is 0.430. The van der Waals surface area contributed by atoms with Crippen LogP contribution in [0.25, 0.3) is 0 Å². The van der Waals surface area contributed by atoms with Crippen LogP contribution in [0, 0.1) is 0 Å². The smallest absolute Gasteiger partial charge is 0.0430 e. The van der Waals surface area contributed by atoms with Crippen molar-refractivity contribution in [3.63, 3.8) is 0 Å². The molecule has 0 nitrogen and oxygen atoms in total. The molecule has 0 saturated heterocycles. The maximum Gasteiger partial charge on any atom is 0.0430 e. The average Bonchev–Trinajstić information content (AvgIpc) is 1.36. The van der Waals surface area contributed by atoms with Crippen molar-refractivity contribution in [3.8, 4) is 0 Å². The van der Waals surface area contributed by atoms with Crippen molar-refractivity contribution in [2.24, 2.45) is 0 Å². The van der Waals surface area contributed by atoms with E-state index < -0.39 is 0 Å². The van der Waals surface area contributed by atoms with E-state index >= 15 is 0 Å². The zero-order valence-electron chi connectivity index (χ0n) is 3.91. The van der Waals surface area contributed by atoms with Crippen molar-refractivity contribution in [1.82, 2.24) is 0 Å². The molecular formula is C4H8BrCl. The van der Waals surface area contributed by atoms with Crippen molar-refractivity contribution < 1.29 is 0 Å². The fourth-order valence-corrected chi connectivity index (χ4v) is 0. The standard InChI is InChI=1S/C4H8BrCl/c1-3(5)4(2)6/h3-4H,1-2H3/t3-,4-/m1/s1. The van der Waals surface area contributed by atoms with Crippen LogP contribution in [0.3, 0.4) is 0 Å². The molecule has 0 aliphatic carbocycles. The number of hydrogen-bond acceptors (Lipinski definition) is 0. The molecule has 0 unspecified atom stereocenters. The molecule has 0 rings (SSSR count). The van der Waals surface area contributed by atoms with Crippen LogP contribution in [0.15, 0.2) is 0 Å². The number of rotatable bonds is 1. The molecule has 0 saturated carbocycles. The number of halogens is 2. The Hall–Kier alpha value is 0.770. The Labute approximate surface area is 52.0 Å². The van der Waals surface area contributed by atoms with Gasteiger partial charge in [0.15, 0.2) is 0 Å². The van der Waals surface area contributed by atoms with Crippen LogP contribution in [0.4, 0.5) is 0 Å². The lowest BCUT2D eigenvalue weighted by molar-refractivity contribution is 0.931. The van der Waals surface area contributed by atoms with E-state index in [2.05, 4.69) is 15.9 Å². The molecule has 38 valence electrons. The first-order valence-electron chi connectivity index (χ1n) is 1.92. The molecule has 0 radical (unpaired) electrons. The molecule has 0 heterocycles. The lowest BCUT2D eigenvalue weighted by Gasteiger charge is -2.00. The van der Waals surface area contributed by atoms with Gasteiger partial charge in [-0.2, -0.15) is 0 Å². The summed E-state index contributed by atoms with van der Waals surface area (Å²) in [6, 6.07) is 0. The first kappa shape index (κ1) is 6.77. The van der Waals surface area contributed by atoms with Gasteiger partial charge in [0.1, 0.15) is 0 Å². The lowest BCUT2D eigenvalue weighted by Crippen LogP contribution is -2.02. The van der Waals surface area contributed by atoms with Gasteiger partial charge in [0.05, 0.1) is 0 Å². The van der Waals surface area contributed by atoms with Gasteiger partial charge in [0.25, 0.3) is 0 Å². The summed E-state index contributed by atoms with van der Waals surface area (Å²) < 4.78 is 0. The van der Waals surface area contributed by atoms with E-state index in [1.54, 1.807) is 0 Å². The second-order valence-electron chi connectivity index (χ2n) is 1.36. The monoisotopic (exact) mass is 170 g/mol. The van der Waals surface area contributed by atoms with Crippen LogP contribution in [-0.2, 0) is 0 Å². The lowest BCUT2D eigenvalue weighted by atomic mass is 10.4. The van der Waals surface area contributed by atoms with E-state index in [1.165, 1.54) is 0 Å². The molecule has 0 aromatic rings. The SMILES string of the molecule is C[C@@H](Cl)[C@@H](C)Br. The van der Waals surface area contributed by atoms with Crippen LogP contribution in [-0.4, -0.2) is 10.2 Å². The molecule has 2 atom stereocenters. The highest BCUT2D eigenvalue weighted by molar-refractivity contribution is 9.09. The summed E-state index contributed by atoms with van der Waals surface area (Å²) in [5, 5.41) is 0.241. The molecule has 0 spiro atoms. The highest BCUT2D eigenvalue weighted by atomic mass is 79.9. The molecule has 0 aliphatic heterocycles. The van der Waals surface area contributed by atoms with Crippen molar-refractivity contribution in [1.29, 1.82) is 0 Å². The van der Waals surface area contributed by atoms with E-state index in [1.807, 2.05) is 13.8 Å². The van der Waals surface area contributed by atoms with E-state index in [9.17, 15) is 0 Å². The average molecular weight is 171 g/mol. The maximum absolute atomic E-state index is 5.57. The van der Waals surface area contributed by atoms with Gasteiger partial charge in [-0.3, -0.25) is 0 Å². The first-order chi connectivity index (χ1) is 2.64. The summed E-state index contributed by atoms with van der Waals surface area (Å²) in [6.07, 6.45) is 0. The molecule has 0 N–H and O–H groups in total. The van der Waals surface area contributed by atoms with Gasteiger partial charge in [-0.15, -0.1) is 11.6 Å². The predicted octanol–water partition coefficient (Wildman–Crippen LogP) is 2.40. The quantitative estimate of drug-likeness (QED) is 0.532.